The molecule has 19 heavy (non-hydrogen) atoms. The topological polar surface area (TPSA) is 81.4 Å². The summed E-state index contributed by atoms with van der Waals surface area (Å²) in [7, 11) is 0. The molecule has 0 aliphatic rings. The number of amides is 1. The first-order chi connectivity index (χ1) is 8.50. The number of ether oxygens (including phenoxy) is 1. The Morgan fingerprint density at radius 3 is 2.37 bits per heavy atom. The van der Waals surface area contributed by atoms with Gasteiger partial charge in [-0.15, -0.1) is 12.4 Å². The van der Waals surface area contributed by atoms with Gasteiger partial charge in [0.05, 0.1) is 6.04 Å². The predicted octanol–water partition coefficient (Wildman–Crippen LogP) is 1.00. The van der Waals surface area contributed by atoms with E-state index in [9.17, 15) is 9.59 Å². The maximum atomic E-state index is 11.6. The van der Waals surface area contributed by atoms with E-state index in [1.165, 1.54) is 0 Å². The number of hydrogen-bond acceptors (Lipinski definition) is 4. The summed E-state index contributed by atoms with van der Waals surface area (Å²) in [6.45, 7) is 3.31. The summed E-state index contributed by atoms with van der Waals surface area (Å²) >= 11 is 0. The van der Waals surface area contributed by atoms with Crippen LogP contribution in [-0.4, -0.2) is 24.0 Å². The van der Waals surface area contributed by atoms with Gasteiger partial charge in [0.15, 0.2) is 0 Å². The predicted molar refractivity (Wildman–Crippen MR) is 74.7 cm³/mol. The van der Waals surface area contributed by atoms with Crippen molar-refractivity contribution in [2.45, 2.75) is 32.5 Å². The van der Waals surface area contributed by atoms with Gasteiger partial charge in [0.2, 0.25) is 5.91 Å². The second kappa shape index (κ2) is 8.50. The highest BCUT2D eigenvalue weighted by Crippen LogP contribution is 2.01. The molecule has 1 amide bonds. The van der Waals surface area contributed by atoms with Crippen LogP contribution in [-0.2, 0) is 20.9 Å². The Morgan fingerprint density at radius 1 is 1.26 bits per heavy atom. The third-order valence-electron chi connectivity index (χ3n) is 2.35. The molecular weight excluding hydrogens is 268 g/mol. The highest BCUT2D eigenvalue weighted by molar-refractivity contribution is 5.86. The molecular formula is C13H19ClN2O3. The molecule has 0 aromatic heterocycles. The van der Waals surface area contributed by atoms with Crippen molar-refractivity contribution in [2.75, 3.05) is 0 Å². The Hall–Kier alpha value is -1.59. The summed E-state index contributed by atoms with van der Waals surface area (Å²) in [6, 6.07) is 7.99. The number of benzene rings is 1. The van der Waals surface area contributed by atoms with Crippen LogP contribution in [0.2, 0.25) is 0 Å². The molecule has 6 heteroatoms. The average molecular weight is 287 g/mol. The van der Waals surface area contributed by atoms with E-state index in [1.807, 2.05) is 30.3 Å². The molecule has 0 saturated heterocycles. The molecule has 1 rings (SSSR count). The van der Waals surface area contributed by atoms with Crippen molar-refractivity contribution >= 4 is 24.3 Å². The van der Waals surface area contributed by atoms with Gasteiger partial charge in [0, 0.05) is 0 Å². The lowest BCUT2D eigenvalue weighted by Crippen LogP contribution is -2.46. The summed E-state index contributed by atoms with van der Waals surface area (Å²) in [5.41, 5.74) is 6.28. The minimum Gasteiger partial charge on any atom is -0.459 e. The smallest absolute Gasteiger partial charge is 0.328 e. The first kappa shape index (κ1) is 17.4. The van der Waals surface area contributed by atoms with Crippen molar-refractivity contribution in [3.05, 3.63) is 35.9 Å². The number of hydrogen-bond donors (Lipinski definition) is 2. The third kappa shape index (κ3) is 6.22. The lowest BCUT2D eigenvalue weighted by molar-refractivity contribution is -0.148. The van der Waals surface area contributed by atoms with Crippen molar-refractivity contribution in [3.8, 4) is 0 Å². The van der Waals surface area contributed by atoms with E-state index in [4.69, 9.17) is 10.5 Å². The number of esters is 1. The monoisotopic (exact) mass is 286 g/mol. The molecule has 1 aromatic carbocycles. The first-order valence-electron chi connectivity index (χ1n) is 5.77. The van der Waals surface area contributed by atoms with Crippen molar-refractivity contribution in [1.29, 1.82) is 0 Å². The van der Waals surface area contributed by atoms with Crippen LogP contribution in [0.1, 0.15) is 19.4 Å². The van der Waals surface area contributed by atoms with Crippen LogP contribution in [0.3, 0.4) is 0 Å². The normalized spacial score (nSPS) is 12.8. The van der Waals surface area contributed by atoms with Crippen LogP contribution in [0.5, 0.6) is 0 Å². The maximum Gasteiger partial charge on any atom is 0.328 e. The zero-order chi connectivity index (χ0) is 13.5. The van der Waals surface area contributed by atoms with Crippen LogP contribution >= 0.6 is 12.4 Å². The lowest BCUT2D eigenvalue weighted by Gasteiger charge is -2.14. The van der Waals surface area contributed by atoms with Crippen LogP contribution < -0.4 is 11.1 Å². The van der Waals surface area contributed by atoms with Gasteiger partial charge in [-0.2, -0.15) is 0 Å². The molecule has 0 saturated carbocycles. The Morgan fingerprint density at radius 2 is 1.84 bits per heavy atom. The van der Waals surface area contributed by atoms with E-state index in [1.54, 1.807) is 13.8 Å². The summed E-state index contributed by atoms with van der Waals surface area (Å²) < 4.78 is 5.08. The Bertz CT molecular complexity index is 410. The Balaban J connectivity index is 0.00000324. The zero-order valence-corrected chi connectivity index (χ0v) is 11.8. The highest BCUT2D eigenvalue weighted by Gasteiger charge is 2.18. The van der Waals surface area contributed by atoms with Crippen LogP contribution in [0, 0.1) is 0 Å². The molecule has 1 aromatic rings. The van der Waals surface area contributed by atoms with Crippen molar-refractivity contribution in [3.63, 3.8) is 0 Å². The van der Waals surface area contributed by atoms with Gasteiger partial charge in [-0.25, -0.2) is 4.79 Å². The van der Waals surface area contributed by atoms with Crippen LogP contribution in [0.15, 0.2) is 30.3 Å². The molecule has 0 aliphatic carbocycles. The number of carbonyl (C=O) groups is 2. The second-order valence-electron chi connectivity index (χ2n) is 4.11. The maximum absolute atomic E-state index is 11.6. The fourth-order valence-electron chi connectivity index (χ4n) is 1.26. The third-order valence-corrected chi connectivity index (χ3v) is 2.35. The SMILES string of the molecule is C[C@H](N)C(=O)N[C@@H](C)C(=O)OCc1ccccc1.Cl. The van der Waals surface area contributed by atoms with Gasteiger partial charge in [-0.3, -0.25) is 4.79 Å². The Labute approximate surface area is 118 Å². The van der Waals surface area contributed by atoms with Gasteiger partial charge in [-0.05, 0) is 19.4 Å². The van der Waals surface area contributed by atoms with E-state index in [0.29, 0.717) is 0 Å². The molecule has 3 N–H and O–H groups in total. The second-order valence-corrected chi connectivity index (χ2v) is 4.11. The summed E-state index contributed by atoms with van der Waals surface area (Å²) in [5, 5.41) is 2.48. The van der Waals surface area contributed by atoms with Gasteiger partial charge in [-0.1, -0.05) is 30.3 Å². The minimum absolute atomic E-state index is 0. The number of rotatable bonds is 5. The van der Waals surface area contributed by atoms with Gasteiger partial charge >= 0.3 is 5.97 Å². The largest absolute Gasteiger partial charge is 0.459 e. The molecule has 0 bridgehead atoms. The molecule has 106 valence electrons. The van der Waals surface area contributed by atoms with E-state index in [0.717, 1.165) is 5.56 Å². The van der Waals surface area contributed by atoms with Crippen LogP contribution in [0.4, 0.5) is 0 Å². The van der Waals surface area contributed by atoms with Gasteiger partial charge in [0.1, 0.15) is 12.6 Å². The van der Waals surface area contributed by atoms with E-state index >= 15 is 0 Å². The average Bonchev–Trinajstić information content (AvgIpc) is 2.36. The zero-order valence-electron chi connectivity index (χ0n) is 11.0. The molecule has 5 nitrogen and oxygen atoms in total. The molecule has 0 unspecified atom stereocenters. The highest BCUT2D eigenvalue weighted by atomic mass is 35.5. The Kier molecular flexibility index (Phi) is 7.79. The fourth-order valence-corrected chi connectivity index (χ4v) is 1.26. The van der Waals surface area contributed by atoms with Crippen molar-refractivity contribution in [1.82, 2.24) is 5.32 Å². The number of carbonyl (C=O) groups excluding carboxylic acids is 2. The summed E-state index contributed by atoms with van der Waals surface area (Å²) in [6.07, 6.45) is 0. The van der Waals surface area contributed by atoms with Crippen molar-refractivity contribution in [2.24, 2.45) is 5.73 Å². The standard InChI is InChI=1S/C13H18N2O3.ClH/c1-9(14)12(16)15-10(2)13(17)18-8-11-6-4-3-5-7-11;/h3-7,9-10H,8,14H2,1-2H3,(H,15,16);1H/t9-,10-;/m0./s1. The van der Waals surface area contributed by atoms with Crippen LogP contribution in [0.25, 0.3) is 0 Å². The molecule has 0 radical (unpaired) electrons. The molecule has 0 heterocycles. The molecule has 0 aliphatic heterocycles. The molecule has 0 fully saturated rings. The minimum atomic E-state index is -0.702. The van der Waals surface area contributed by atoms with Gasteiger partial charge < -0.3 is 15.8 Å². The number of halogens is 1. The molecule has 2 atom stereocenters. The fraction of sp³-hybridized carbons (Fsp3) is 0.385. The molecule has 0 spiro atoms. The van der Waals surface area contributed by atoms with E-state index in [2.05, 4.69) is 5.32 Å². The summed E-state index contributed by atoms with van der Waals surface area (Å²) in [4.78, 5) is 22.9. The summed E-state index contributed by atoms with van der Waals surface area (Å²) in [5.74, 6) is -0.855. The van der Waals surface area contributed by atoms with E-state index < -0.39 is 18.1 Å². The first-order valence-corrected chi connectivity index (χ1v) is 5.77. The van der Waals surface area contributed by atoms with E-state index in [-0.39, 0.29) is 24.9 Å². The van der Waals surface area contributed by atoms with Crippen molar-refractivity contribution < 1.29 is 14.3 Å². The number of nitrogens with one attached hydrogen (secondary N) is 1. The van der Waals surface area contributed by atoms with Gasteiger partial charge in [0.25, 0.3) is 0 Å². The quantitative estimate of drug-likeness (QED) is 0.792. The lowest BCUT2D eigenvalue weighted by atomic mass is 10.2. The number of nitrogens with two attached hydrogens (primary N) is 1.